The van der Waals surface area contributed by atoms with Crippen molar-refractivity contribution >= 4 is 11.6 Å². The van der Waals surface area contributed by atoms with Gasteiger partial charge in [-0.2, -0.15) is 0 Å². The van der Waals surface area contributed by atoms with Crippen molar-refractivity contribution in [3.8, 4) is 11.1 Å². The fourth-order valence-corrected chi connectivity index (χ4v) is 2.35. The molecule has 0 unspecified atom stereocenters. The van der Waals surface area contributed by atoms with E-state index in [1.165, 1.54) is 18.2 Å². The van der Waals surface area contributed by atoms with E-state index in [4.69, 9.17) is 11.6 Å². The first-order chi connectivity index (χ1) is 9.08. The maximum Gasteiger partial charge on any atom is 0.329 e. The lowest BCUT2D eigenvalue weighted by molar-refractivity contribution is 0.628. The molecule has 0 amide bonds. The van der Waals surface area contributed by atoms with Crippen LogP contribution >= 0.6 is 11.6 Å². The summed E-state index contributed by atoms with van der Waals surface area (Å²) in [5.41, 5.74) is -0.493. The van der Waals surface area contributed by atoms with Gasteiger partial charge in [0.05, 0.1) is 5.56 Å². The number of halogens is 2. The Bertz CT molecular complexity index is 762. The van der Waals surface area contributed by atoms with Crippen LogP contribution in [0.3, 0.4) is 0 Å². The van der Waals surface area contributed by atoms with Gasteiger partial charge < -0.3 is 0 Å². The molecule has 1 N–H and O–H groups in total. The Morgan fingerprint density at radius 2 is 2.05 bits per heavy atom. The summed E-state index contributed by atoms with van der Waals surface area (Å²) in [4.78, 5) is 26.5. The second-order valence-corrected chi connectivity index (χ2v) is 4.91. The molecule has 6 heteroatoms. The van der Waals surface area contributed by atoms with E-state index in [9.17, 15) is 14.0 Å². The van der Waals surface area contributed by atoms with Crippen LogP contribution in [-0.2, 0) is 0 Å². The molecule has 19 heavy (non-hydrogen) atoms. The molecule has 4 nitrogen and oxygen atoms in total. The van der Waals surface area contributed by atoms with Gasteiger partial charge in [-0.05, 0) is 30.5 Å². The largest absolute Gasteiger partial charge is 0.329 e. The minimum absolute atomic E-state index is 0.0579. The first-order valence-corrected chi connectivity index (χ1v) is 6.26. The van der Waals surface area contributed by atoms with Gasteiger partial charge in [0.2, 0.25) is 0 Å². The highest BCUT2D eigenvalue weighted by Gasteiger charge is 2.28. The number of hydrogen-bond donors (Lipinski definition) is 1. The third-order valence-electron chi connectivity index (χ3n) is 3.11. The van der Waals surface area contributed by atoms with Gasteiger partial charge in [-0.3, -0.25) is 14.3 Å². The lowest BCUT2D eigenvalue weighted by Gasteiger charge is -2.08. The highest BCUT2D eigenvalue weighted by atomic mass is 35.5. The Kier molecular flexibility index (Phi) is 2.78. The second kappa shape index (κ2) is 4.35. The Labute approximate surface area is 112 Å². The maximum atomic E-state index is 13.2. The second-order valence-electron chi connectivity index (χ2n) is 4.54. The summed E-state index contributed by atoms with van der Waals surface area (Å²) < 4.78 is 14.4. The van der Waals surface area contributed by atoms with E-state index in [2.05, 4.69) is 4.98 Å². The zero-order chi connectivity index (χ0) is 13.6. The molecular weight excluding hydrogens is 271 g/mol. The number of hydrogen-bond acceptors (Lipinski definition) is 2. The fraction of sp³-hybridized carbons (Fsp3) is 0.231. The van der Waals surface area contributed by atoms with Crippen LogP contribution in [0.15, 0.2) is 33.9 Å². The van der Waals surface area contributed by atoms with E-state index < -0.39 is 17.1 Å². The summed E-state index contributed by atoms with van der Waals surface area (Å²) in [5.74, 6) is -0.461. The predicted octanol–water partition coefficient (Wildman–Crippen LogP) is 2.33. The number of aromatic nitrogens is 2. The molecule has 0 bridgehead atoms. The van der Waals surface area contributed by atoms with Crippen molar-refractivity contribution in [1.82, 2.24) is 9.55 Å². The molecule has 1 aliphatic rings. The van der Waals surface area contributed by atoms with Gasteiger partial charge in [-0.1, -0.05) is 23.7 Å². The fourth-order valence-electron chi connectivity index (χ4n) is 2.08. The number of rotatable bonds is 2. The molecule has 1 heterocycles. The normalized spacial score (nSPS) is 14.6. The molecule has 0 spiro atoms. The zero-order valence-electron chi connectivity index (χ0n) is 9.82. The third-order valence-corrected chi connectivity index (χ3v) is 3.40. The molecule has 1 aliphatic carbocycles. The van der Waals surface area contributed by atoms with Gasteiger partial charge in [-0.25, -0.2) is 9.18 Å². The smallest absolute Gasteiger partial charge is 0.297 e. The molecule has 0 atom stereocenters. The first-order valence-electron chi connectivity index (χ1n) is 5.88. The number of H-pyrrole nitrogens is 1. The summed E-state index contributed by atoms with van der Waals surface area (Å²) in [6.07, 6.45) is 1.60. The van der Waals surface area contributed by atoms with E-state index in [0.29, 0.717) is 5.56 Å². The minimum atomic E-state index is -0.516. The average Bonchev–Trinajstić information content (AvgIpc) is 3.12. The van der Waals surface area contributed by atoms with Crippen molar-refractivity contribution in [3.63, 3.8) is 0 Å². The monoisotopic (exact) mass is 280 g/mol. The topological polar surface area (TPSA) is 54.9 Å². The van der Waals surface area contributed by atoms with E-state index in [-0.39, 0.29) is 16.8 Å². The van der Waals surface area contributed by atoms with Gasteiger partial charge in [0.15, 0.2) is 0 Å². The van der Waals surface area contributed by atoms with E-state index in [0.717, 1.165) is 17.4 Å². The van der Waals surface area contributed by atoms with E-state index >= 15 is 0 Å². The van der Waals surface area contributed by atoms with Gasteiger partial charge in [0, 0.05) is 6.04 Å². The lowest BCUT2D eigenvalue weighted by Crippen LogP contribution is -2.35. The standard InChI is InChI=1S/C13H10ClFN2O2/c14-11-10(7-2-1-3-8(15)6-7)12(18)17(9-4-5-9)13(19)16-11/h1-3,6,9H,4-5H2,(H,16,19). The zero-order valence-corrected chi connectivity index (χ0v) is 10.6. The number of aromatic amines is 1. The highest BCUT2D eigenvalue weighted by molar-refractivity contribution is 6.32. The first kappa shape index (κ1) is 12.2. The molecule has 0 aliphatic heterocycles. The van der Waals surface area contributed by atoms with Crippen molar-refractivity contribution in [1.29, 1.82) is 0 Å². The number of benzene rings is 1. The molecule has 3 rings (SSSR count). The predicted molar refractivity (Wildman–Crippen MR) is 70.0 cm³/mol. The number of nitrogens with zero attached hydrogens (tertiary/aromatic N) is 1. The molecule has 0 saturated heterocycles. The number of nitrogens with one attached hydrogen (secondary N) is 1. The van der Waals surface area contributed by atoms with Crippen molar-refractivity contribution < 1.29 is 4.39 Å². The van der Waals surface area contributed by atoms with Crippen LogP contribution in [0.1, 0.15) is 18.9 Å². The van der Waals surface area contributed by atoms with Crippen LogP contribution in [0.5, 0.6) is 0 Å². The average molecular weight is 281 g/mol. The van der Waals surface area contributed by atoms with E-state index in [1.54, 1.807) is 6.07 Å². The molecular formula is C13H10ClFN2O2. The van der Waals surface area contributed by atoms with Crippen LogP contribution in [0.2, 0.25) is 5.15 Å². The Morgan fingerprint density at radius 3 is 2.68 bits per heavy atom. The molecule has 98 valence electrons. The van der Waals surface area contributed by atoms with Crippen molar-refractivity contribution in [3.05, 3.63) is 56.1 Å². The SMILES string of the molecule is O=c1[nH]c(Cl)c(-c2cccc(F)c2)c(=O)n1C1CC1. The summed E-state index contributed by atoms with van der Waals surface area (Å²) in [7, 11) is 0. The Balaban J connectivity index is 2.29. The van der Waals surface area contributed by atoms with Gasteiger partial charge in [0.25, 0.3) is 5.56 Å². The molecule has 2 aromatic rings. The third kappa shape index (κ3) is 2.10. The van der Waals surface area contributed by atoms with Crippen LogP contribution in [0.4, 0.5) is 4.39 Å². The molecule has 1 saturated carbocycles. The van der Waals surface area contributed by atoms with Crippen LogP contribution in [0.25, 0.3) is 11.1 Å². The quantitative estimate of drug-likeness (QED) is 0.859. The van der Waals surface area contributed by atoms with Gasteiger partial charge in [0.1, 0.15) is 11.0 Å². The lowest BCUT2D eigenvalue weighted by atomic mass is 10.1. The molecule has 1 aromatic heterocycles. The molecule has 0 radical (unpaired) electrons. The Hall–Kier alpha value is -1.88. The van der Waals surface area contributed by atoms with Gasteiger partial charge in [-0.15, -0.1) is 0 Å². The van der Waals surface area contributed by atoms with Crippen molar-refractivity contribution in [2.24, 2.45) is 0 Å². The summed E-state index contributed by atoms with van der Waals surface area (Å²) in [6, 6.07) is 5.51. The Morgan fingerprint density at radius 1 is 1.32 bits per heavy atom. The minimum Gasteiger partial charge on any atom is -0.297 e. The molecule has 1 aromatic carbocycles. The van der Waals surface area contributed by atoms with Crippen LogP contribution in [0, 0.1) is 5.82 Å². The van der Waals surface area contributed by atoms with Crippen LogP contribution in [-0.4, -0.2) is 9.55 Å². The summed E-state index contributed by atoms with van der Waals surface area (Å²) in [5, 5.41) is -0.0579. The van der Waals surface area contributed by atoms with Crippen LogP contribution < -0.4 is 11.2 Å². The van der Waals surface area contributed by atoms with E-state index in [1.807, 2.05) is 0 Å². The molecule has 1 fully saturated rings. The van der Waals surface area contributed by atoms with Gasteiger partial charge >= 0.3 is 5.69 Å². The van der Waals surface area contributed by atoms with Crippen molar-refractivity contribution in [2.75, 3.05) is 0 Å². The van der Waals surface area contributed by atoms with Crippen molar-refractivity contribution in [2.45, 2.75) is 18.9 Å². The maximum absolute atomic E-state index is 13.2. The highest BCUT2D eigenvalue weighted by Crippen LogP contribution is 2.33. The summed E-state index contributed by atoms with van der Waals surface area (Å²) in [6.45, 7) is 0. The summed E-state index contributed by atoms with van der Waals surface area (Å²) >= 11 is 5.93.